The Morgan fingerprint density at radius 1 is 1.15 bits per heavy atom. The lowest BCUT2D eigenvalue weighted by Crippen LogP contribution is -2.01. The first kappa shape index (κ1) is 17.5. The molecule has 1 N–H and O–H groups in total. The van der Waals surface area contributed by atoms with Gasteiger partial charge in [0.2, 0.25) is 11.7 Å². The molecular formula is C19H18ClN3O4. The molecule has 140 valence electrons. The summed E-state index contributed by atoms with van der Waals surface area (Å²) in [4.78, 5) is 4.41. The Labute approximate surface area is 161 Å². The summed E-state index contributed by atoms with van der Waals surface area (Å²) in [6, 6.07) is 11.1. The summed E-state index contributed by atoms with van der Waals surface area (Å²) in [6.07, 6.45) is 0.837. The topological polar surface area (TPSA) is 78.6 Å². The first-order valence-corrected chi connectivity index (χ1v) is 8.91. The van der Waals surface area contributed by atoms with Crippen LogP contribution in [0.2, 0.25) is 5.02 Å². The van der Waals surface area contributed by atoms with Crippen LogP contribution in [0.15, 0.2) is 40.9 Å². The van der Waals surface area contributed by atoms with Gasteiger partial charge in [0, 0.05) is 24.1 Å². The van der Waals surface area contributed by atoms with Crippen LogP contribution in [0.25, 0.3) is 11.4 Å². The fourth-order valence-corrected chi connectivity index (χ4v) is 2.92. The number of ether oxygens (including phenoxy) is 3. The van der Waals surface area contributed by atoms with E-state index in [1.807, 2.05) is 30.3 Å². The molecule has 0 bridgehead atoms. The molecule has 0 fully saturated rings. The standard InChI is InChI=1S/C19H18ClN3O4/c1-24-13-5-2-4-12(8-13)19-22-18(27-23-19)11-21-15-10-17-16(9-14(15)20)25-6-3-7-26-17/h2,4-5,8-10,21H,3,6-7,11H2,1H3. The van der Waals surface area contributed by atoms with Crippen molar-refractivity contribution in [3.05, 3.63) is 47.3 Å². The number of nitrogens with one attached hydrogen (secondary N) is 1. The number of halogens is 1. The highest BCUT2D eigenvalue weighted by Gasteiger charge is 2.15. The highest BCUT2D eigenvalue weighted by atomic mass is 35.5. The molecule has 0 radical (unpaired) electrons. The van der Waals surface area contributed by atoms with Gasteiger partial charge in [-0.25, -0.2) is 0 Å². The quantitative estimate of drug-likeness (QED) is 0.703. The summed E-state index contributed by atoms with van der Waals surface area (Å²) >= 11 is 6.34. The molecular weight excluding hydrogens is 370 g/mol. The van der Waals surface area contributed by atoms with Gasteiger partial charge < -0.3 is 24.1 Å². The molecule has 1 aliphatic heterocycles. The highest BCUT2D eigenvalue weighted by Crippen LogP contribution is 2.37. The Bertz CT molecular complexity index is 944. The second-order valence-electron chi connectivity index (χ2n) is 5.93. The Morgan fingerprint density at radius 3 is 2.78 bits per heavy atom. The lowest BCUT2D eigenvalue weighted by atomic mass is 10.2. The van der Waals surface area contributed by atoms with E-state index in [4.69, 9.17) is 30.3 Å². The fraction of sp³-hybridized carbons (Fsp3) is 0.263. The average molecular weight is 388 g/mol. The number of benzene rings is 2. The molecule has 0 unspecified atom stereocenters. The van der Waals surface area contributed by atoms with Crippen LogP contribution in [-0.4, -0.2) is 30.5 Å². The number of hydrogen-bond acceptors (Lipinski definition) is 7. The SMILES string of the molecule is COc1cccc(-c2noc(CNc3cc4c(cc3Cl)OCCCO4)n2)c1. The van der Waals surface area contributed by atoms with Crippen molar-refractivity contribution in [2.24, 2.45) is 0 Å². The summed E-state index contributed by atoms with van der Waals surface area (Å²) in [5.41, 5.74) is 1.53. The zero-order valence-electron chi connectivity index (χ0n) is 14.7. The van der Waals surface area contributed by atoms with Crippen LogP contribution in [0.5, 0.6) is 17.2 Å². The number of hydrogen-bond donors (Lipinski definition) is 1. The molecule has 3 aromatic rings. The van der Waals surface area contributed by atoms with Gasteiger partial charge >= 0.3 is 0 Å². The lowest BCUT2D eigenvalue weighted by molar-refractivity contribution is 0.297. The van der Waals surface area contributed by atoms with E-state index in [2.05, 4.69) is 15.5 Å². The molecule has 8 heteroatoms. The number of nitrogens with zero attached hydrogens (tertiary/aromatic N) is 2. The monoisotopic (exact) mass is 387 g/mol. The number of aromatic nitrogens is 2. The maximum Gasteiger partial charge on any atom is 0.246 e. The van der Waals surface area contributed by atoms with Crippen molar-refractivity contribution < 1.29 is 18.7 Å². The minimum absolute atomic E-state index is 0.330. The van der Waals surface area contributed by atoms with Gasteiger partial charge in [-0.3, -0.25) is 0 Å². The van der Waals surface area contributed by atoms with Crippen molar-refractivity contribution in [1.82, 2.24) is 10.1 Å². The van der Waals surface area contributed by atoms with Gasteiger partial charge in [-0.1, -0.05) is 28.9 Å². The number of methoxy groups -OCH3 is 1. The normalized spacial score (nSPS) is 13.1. The van der Waals surface area contributed by atoms with Gasteiger partial charge in [0.05, 0.1) is 37.6 Å². The third kappa shape index (κ3) is 3.93. The molecule has 27 heavy (non-hydrogen) atoms. The molecule has 0 amide bonds. The molecule has 0 saturated carbocycles. The molecule has 1 aromatic heterocycles. The summed E-state index contributed by atoms with van der Waals surface area (Å²) in [7, 11) is 1.61. The van der Waals surface area contributed by atoms with Crippen molar-refractivity contribution in [3.8, 4) is 28.6 Å². The van der Waals surface area contributed by atoms with E-state index in [1.54, 1.807) is 13.2 Å². The maximum absolute atomic E-state index is 6.34. The second kappa shape index (κ2) is 7.75. The molecule has 0 atom stereocenters. The fourth-order valence-electron chi connectivity index (χ4n) is 2.70. The Kier molecular flexibility index (Phi) is 5.02. The van der Waals surface area contributed by atoms with Crippen LogP contribution in [0.4, 0.5) is 5.69 Å². The van der Waals surface area contributed by atoms with Crippen molar-refractivity contribution in [2.75, 3.05) is 25.6 Å². The van der Waals surface area contributed by atoms with E-state index in [0.29, 0.717) is 53.7 Å². The largest absolute Gasteiger partial charge is 0.497 e. The molecule has 0 spiro atoms. The number of rotatable bonds is 5. The van der Waals surface area contributed by atoms with Crippen molar-refractivity contribution in [1.29, 1.82) is 0 Å². The van der Waals surface area contributed by atoms with Crippen LogP contribution >= 0.6 is 11.6 Å². The summed E-state index contributed by atoms with van der Waals surface area (Å²) < 4.78 is 21.9. The van der Waals surface area contributed by atoms with Gasteiger partial charge in [0.25, 0.3) is 0 Å². The smallest absolute Gasteiger partial charge is 0.246 e. The molecule has 0 aliphatic carbocycles. The zero-order valence-corrected chi connectivity index (χ0v) is 15.5. The first-order chi connectivity index (χ1) is 13.2. The lowest BCUT2D eigenvalue weighted by Gasteiger charge is -2.12. The van der Waals surface area contributed by atoms with Gasteiger partial charge in [-0.15, -0.1) is 0 Å². The summed E-state index contributed by atoms with van der Waals surface area (Å²) in [6.45, 7) is 1.56. The molecule has 4 rings (SSSR count). The first-order valence-electron chi connectivity index (χ1n) is 8.53. The van der Waals surface area contributed by atoms with Crippen molar-refractivity contribution in [3.63, 3.8) is 0 Å². The van der Waals surface area contributed by atoms with Crippen molar-refractivity contribution in [2.45, 2.75) is 13.0 Å². The van der Waals surface area contributed by atoms with Gasteiger partial charge in [-0.05, 0) is 12.1 Å². The number of fused-ring (bicyclic) bond motifs is 1. The summed E-state index contributed by atoms with van der Waals surface area (Å²) in [5, 5.41) is 7.75. The van der Waals surface area contributed by atoms with E-state index in [-0.39, 0.29) is 0 Å². The minimum Gasteiger partial charge on any atom is -0.497 e. The molecule has 7 nitrogen and oxygen atoms in total. The predicted octanol–water partition coefficient (Wildman–Crippen LogP) is 4.17. The van der Waals surface area contributed by atoms with Crippen LogP contribution < -0.4 is 19.5 Å². The highest BCUT2D eigenvalue weighted by molar-refractivity contribution is 6.33. The van der Waals surface area contributed by atoms with E-state index in [0.717, 1.165) is 17.7 Å². The predicted molar refractivity (Wildman–Crippen MR) is 101 cm³/mol. The van der Waals surface area contributed by atoms with Crippen LogP contribution in [0, 0.1) is 0 Å². The van der Waals surface area contributed by atoms with E-state index in [1.165, 1.54) is 0 Å². The zero-order chi connectivity index (χ0) is 18.6. The number of anilines is 1. The van der Waals surface area contributed by atoms with E-state index >= 15 is 0 Å². The minimum atomic E-state index is 0.330. The Balaban J connectivity index is 1.48. The molecule has 0 saturated heterocycles. The van der Waals surface area contributed by atoms with Crippen molar-refractivity contribution >= 4 is 17.3 Å². The van der Waals surface area contributed by atoms with Crippen LogP contribution in [0.1, 0.15) is 12.3 Å². The summed E-state index contributed by atoms with van der Waals surface area (Å²) in [5.74, 6) is 2.99. The van der Waals surface area contributed by atoms with E-state index in [9.17, 15) is 0 Å². The van der Waals surface area contributed by atoms with Gasteiger partial charge in [0.15, 0.2) is 11.5 Å². The van der Waals surface area contributed by atoms with Crippen LogP contribution in [0.3, 0.4) is 0 Å². The average Bonchev–Trinajstić information content (AvgIpc) is 3.06. The Hall–Kier alpha value is -2.93. The molecule has 2 aromatic carbocycles. The van der Waals surface area contributed by atoms with Crippen LogP contribution in [-0.2, 0) is 6.54 Å². The Morgan fingerprint density at radius 2 is 1.96 bits per heavy atom. The van der Waals surface area contributed by atoms with Gasteiger partial charge in [0.1, 0.15) is 5.75 Å². The van der Waals surface area contributed by atoms with Gasteiger partial charge in [-0.2, -0.15) is 4.98 Å². The second-order valence-corrected chi connectivity index (χ2v) is 6.33. The molecule has 1 aliphatic rings. The molecule has 2 heterocycles. The third-order valence-electron chi connectivity index (χ3n) is 4.06. The maximum atomic E-state index is 6.34. The third-order valence-corrected chi connectivity index (χ3v) is 4.38. The van der Waals surface area contributed by atoms with E-state index < -0.39 is 0 Å².